The minimum absolute atomic E-state index is 0.0533. The van der Waals surface area contributed by atoms with E-state index in [9.17, 15) is 4.79 Å². The Balaban J connectivity index is 1.66. The number of nitrogens with one attached hydrogen (secondary N) is 2. The van der Waals surface area contributed by atoms with Gasteiger partial charge in [-0.15, -0.1) is 0 Å². The third-order valence-corrected chi connectivity index (χ3v) is 3.77. The molecular formula is C17H19N3O. The average molecular weight is 281 g/mol. The molecule has 1 saturated carbocycles. The van der Waals surface area contributed by atoms with Crippen molar-refractivity contribution in [3.05, 3.63) is 59.9 Å². The van der Waals surface area contributed by atoms with Gasteiger partial charge >= 0.3 is 0 Å². The number of rotatable bonds is 5. The maximum Gasteiger partial charge on any atom is 0.255 e. The summed E-state index contributed by atoms with van der Waals surface area (Å²) in [6, 6.07) is 12.4. The second kappa shape index (κ2) is 5.95. The third kappa shape index (κ3) is 3.05. The number of hydrogen-bond donors (Lipinski definition) is 2. The zero-order valence-corrected chi connectivity index (χ0v) is 12.0. The topological polar surface area (TPSA) is 54.0 Å². The van der Waals surface area contributed by atoms with Crippen molar-refractivity contribution >= 4 is 11.6 Å². The second-order valence-electron chi connectivity index (χ2n) is 5.28. The first-order valence-electron chi connectivity index (χ1n) is 7.33. The normalized spacial score (nSPS) is 19.9. The molecule has 2 N–H and O–H groups in total. The molecule has 0 saturated heterocycles. The van der Waals surface area contributed by atoms with E-state index in [-0.39, 0.29) is 11.9 Å². The van der Waals surface area contributed by atoms with Gasteiger partial charge in [-0.25, -0.2) is 0 Å². The van der Waals surface area contributed by atoms with Crippen LogP contribution in [0.1, 0.15) is 35.2 Å². The maximum atomic E-state index is 12.4. The van der Waals surface area contributed by atoms with Crippen LogP contribution in [0, 0.1) is 0 Å². The van der Waals surface area contributed by atoms with E-state index in [1.165, 1.54) is 5.56 Å². The quantitative estimate of drug-likeness (QED) is 0.886. The fourth-order valence-electron chi connectivity index (χ4n) is 2.59. The minimum Gasteiger partial charge on any atom is -0.385 e. The minimum atomic E-state index is -0.0533. The number of benzene rings is 1. The second-order valence-corrected chi connectivity index (χ2v) is 5.28. The van der Waals surface area contributed by atoms with Gasteiger partial charge in [0.05, 0.1) is 11.3 Å². The predicted molar refractivity (Wildman–Crippen MR) is 83.5 cm³/mol. The molecule has 21 heavy (non-hydrogen) atoms. The van der Waals surface area contributed by atoms with Crippen molar-refractivity contribution in [3.8, 4) is 0 Å². The Kier molecular flexibility index (Phi) is 3.86. The van der Waals surface area contributed by atoms with Gasteiger partial charge in [0.1, 0.15) is 0 Å². The molecule has 2 aromatic rings. The Hall–Kier alpha value is -2.36. The molecule has 0 aliphatic heterocycles. The summed E-state index contributed by atoms with van der Waals surface area (Å²) in [5.74, 6) is 0.386. The number of hydrogen-bond acceptors (Lipinski definition) is 3. The van der Waals surface area contributed by atoms with Gasteiger partial charge in [0.25, 0.3) is 5.91 Å². The lowest BCUT2D eigenvalue weighted by Crippen LogP contribution is -2.27. The number of aromatic nitrogens is 1. The van der Waals surface area contributed by atoms with Gasteiger partial charge in [-0.1, -0.05) is 30.3 Å². The Morgan fingerprint density at radius 2 is 2.10 bits per heavy atom. The van der Waals surface area contributed by atoms with Crippen LogP contribution < -0.4 is 10.6 Å². The molecule has 1 aliphatic carbocycles. The molecule has 1 amide bonds. The van der Waals surface area contributed by atoms with E-state index in [4.69, 9.17) is 0 Å². The maximum absolute atomic E-state index is 12.4. The monoisotopic (exact) mass is 281 g/mol. The standard InChI is InChI=1S/C17H19N3O/c1-2-19-15-8-9-18-11-14(15)17(21)20-16-10-13(16)12-6-4-3-5-7-12/h3-9,11,13,16H,2,10H2,1H3,(H,18,19)(H,20,21). The SMILES string of the molecule is CCNc1ccncc1C(=O)NC1CC1c1ccccc1. The van der Waals surface area contributed by atoms with E-state index in [1.807, 2.05) is 31.2 Å². The van der Waals surface area contributed by atoms with Gasteiger partial charge < -0.3 is 10.6 Å². The zero-order valence-electron chi connectivity index (χ0n) is 12.0. The highest BCUT2D eigenvalue weighted by Crippen LogP contribution is 2.40. The van der Waals surface area contributed by atoms with E-state index in [2.05, 4.69) is 27.8 Å². The predicted octanol–water partition coefficient (Wildman–Crippen LogP) is 2.80. The molecule has 1 aromatic carbocycles. The molecular weight excluding hydrogens is 262 g/mol. The van der Waals surface area contributed by atoms with E-state index < -0.39 is 0 Å². The van der Waals surface area contributed by atoms with Crippen LogP contribution in [-0.2, 0) is 0 Å². The Labute approximate surface area is 124 Å². The van der Waals surface area contributed by atoms with Crippen molar-refractivity contribution in [3.63, 3.8) is 0 Å². The average Bonchev–Trinajstić information content (AvgIpc) is 3.28. The Morgan fingerprint density at radius 1 is 1.29 bits per heavy atom. The Morgan fingerprint density at radius 3 is 2.86 bits per heavy atom. The van der Waals surface area contributed by atoms with Gasteiger partial charge in [0.2, 0.25) is 0 Å². The first kappa shape index (κ1) is 13.6. The summed E-state index contributed by atoms with van der Waals surface area (Å²) in [7, 11) is 0. The molecule has 3 rings (SSSR count). The fraction of sp³-hybridized carbons (Fsp3) is 0.294. The van der Waals surface area contributed by atoms with Crippen LogP contribution in [0.15, 0.2) is 48.8 Å². The Bertz CT molecular complexity index is 627. The van der Waals surface area contributed by atoms with Gasteiger partial charge in [-0.2, -0.15) is 0 Å². The van der Waals surface area contributed by atoms with E-state index in [0.29, 0.717) is 11.5 Å². The molecule has 4 heteroatoms. The summed E-state index contributed by atoms with van der Waals surface area (Å²) in [6.07, 6.45) is 4.32. The van der Waals surface area contributed by atoms with Gasteiger partial charge in [0, 0.05) is 30.9 Å². The van der Waals surface area contributed by atoms with Gasteiger partial charge in [-0.05, 0) is 25.0 Å². The molecule has 1 aromatic heterocycles. The molecule has 0 bridgehead atoms. The number of nitrogens with zero attached hydrogens (tertiary/aromatic N) is 1. The molecule has 108 valence electrons. The summed E-state index contributed by atoms with van der Waals surface area (Å²) < 4.78 is 0. The van der Waals surface area contributed by atoms with Crippen LogP contribution in [0.5, 0.6) is 0 Å². The highest BCUT2D eigenvalue weighted by Gasteiger charge is 2.39. The van der Waals surface area contributed by atoms with Crippen molar-refractivity contribution < 1.29 is 4.79 Å². The molecule has 1 aliphatic rings. The summed E-state index contributed by atoms with van der Waals surface area (Å²) in [5, 5.41) is 6.29. The summed E-state index contributed by atoms with van der Waals surface area (Å²) in [5.41, 5.74) is 2.74. The van der Waals surface area contributed by atoms with Crippen LogP contribution >= 0.6 is 0 Å². The molecule has 4 nitrogen and oxygen atoms in total. The van der Waals surface area contributed by atoms with Crippen LogP contribution in [0.2, 0.25) is 0 Å². The molecule has 0 spiro atoms. The van der Waals surface area contributed by atoms with E-state index >= 15 is 0 Å². The first-order chi connectivity index (χ1) is 10.3. The number of pyridine rings is 1. The molecule has 1 heterocycles. The van der Waals surface area contributed by atoms with Crippen molar-refractivity contribution in [1.29, 1.82) is 0 Å². The van der Waals surface area contributed by atoms with Crippen molar-refractivity contribution in [2.75, 3.05) is 11.9 Å². The summed E-state index contributed by atoms with van der Waals surface area (Å²) in [4.78, 5) is 16.4. The number of anilines is 1. The summed E-state index contributed by atoms with van der Waals surface area (Å²) >= 11 is 0. The van der Waals surface area contributed by atoms with Crippen LogP contribution in [0.25, 0.3) is 0 Å². The molecule has 0 radical (unpaired) electrons. The lowest BCUT2D eigenvalue weighted by atomic mass is 10.1. The fourth-order valence-corrected chi connectivity index (χ4v) is 2.59. The van der Waals surface area contributed by atoms with Crippen molar-refractivity contribution in [2.45, 2.75) is 25.3 Å². The molecule has 2 unspecified atom stereocenters. The first-order valence-corrected chi connectivity index (χ1v) is 7.33. The van der Waals surface area contributed by atoms with E-state index in [1.54, 1.807) is 12.4 Å². The highest BCUT2D eigenvalue weighted by atomic mass is 16.1. The largest absolute Gasteiger partial charge is 0.385 e. The van der Waals surface area contributed by atoms with Crippen LogP contribution in [-0.4, -0.2) is 23.5 Å². The molecule has 2 atom stereocenters. The lowest BCUT2D eigenvalue weighted by Gasteiger charge is -2.10. The van der Waals surface area contributed by atoms with Gasteiger partial charge in [-0.3, -0.25) is 9.78 Å². The van der Waals surface area contributed by atoms with Gasteiger partial charge in [0.15, 0.2) is 0 Å². The lowest BCUT2D eigenvalue weighted by molar-refractivity contribution is 0.0951. The third-order valence-electron chi connectivity index (χ3n) is 3.77. The van der Waals surface area contributed by atoms with Crippen LogP contribution in [0.4, 0.5) is 5.69 Å². The number of amides is 1. The van der Waals surface area contributed by atoms with Crippen molar-refractivity contribution in [2.24, 2.45) is 0 Å². The number of carbonyl (C=O) groups excluding carboxylic acids is 1. The highest BCUT2D eigenvalue weighted by molar-refractivity contribution is 5.99. The number of carbonyl (C=O) groups is 1. The van der Waals surface area contributed by atoms with Crippen molar-refractivity contribution in [1.82, 2.24) is 10.3 Å². The summed E-state index contributed by atoms with van der Waals surface area (Å²) in [6.45, 7) is 2.79. The van der Waals surface area contributed by atoms with E-state index in [0.717, 1.165) is 18.7 Å². The van der Waals surface area contributed by atoms with Crippen LogP contribution in [0.3, 0.4) is 0 Å². The smallest absolute Gasteiger partial charge is 0.255 e. The molecule has 1 fully saturated rings. The zero-order chi connectivity index (χ0) is 14.7.